The third kappa shape index (κ3) is 2.89. The van der Waals surface area contributed by atoms with Crippen LogP contribution in [0, 0.1) is 5.82 Å². The van der Waals surface area contributed by atoms with Crippen molar-refractivity contribution in [1.82, 2.24) is 24.4 Å². The summed E-state index contributed by atoms with van der Waals surface area (Å²) in [5, 5.41) is 21.6. The summed E-state index contributed by atoms with van der Waals surface area (Å²) in [7, 11) is 1.52. The maximum Gasteiger partial charge on any atom is 0.323 e. The molecule has 0 amide bonds. The average molecular weight is 383 g/mol. The molecule has 28 heavy (non-hydrogen) atoms. The Morgan fingerprint density at radius 2 is 1.96 bits per heavy atom. The van der Waals surface area contributed by atoms with Gasteiger partial charge in [-0.25, -0.2) is 8.91 Å². The summed E-state index contributed by atoms with van der Waals surface area (Å²) < 4.78 is 21.0. The number of aromatic nitrogens is 5. The Balaban J connectivity index is 2.00. The first-order valence-corrected chi connectivity index (χ1v) is 8.23. The zero-order valence-corrected chi connectivity index (χ0v) is 14.7. The molecule has 0 bridgehead atoms. The number of aliphatic carboxylic acids is 1. The number of methoxy groups -OCH3 is 1. The molecule has 3 heterocycles. The van der Waals surface area contributed by atoms with Gasteiger partial charge in [0, 0.05) is 13.3 Å². The SMILES string of the molecule is COCc1nn2c(nnc3c(=O)n(CC(=O)O)ccc32)c1-c1ccc(F)cc1. The second kappa shape index (κ2) is 6.82. The van der Waals surface area contributed by atoms with E-state index in [0.29, 0.717) is 28.0 Å². The lowest BCUT2D eigenvalue weighted by molar-refractivity contribution is -0.137. The molecule has 0 atom stereocenters. The largest absolute Gasteiger partial charge is 0.480 e. The predicted molar refractivity (Wildman–Crippen MR) is 96.3 cm³/mol. The molecule has 4 aromatic rings. The molecule has 9 nitrogen and oxygen atoms in total. The van der Waals surface area contributed by atoms with Crippen molar-refractivity contribution in [3.05, 3.63) is 58.4 Å². The molecule has 0 spiro atoms. The summed E-state index contributed by atoms with van der Waals surface area (Å²) in [4.78, 5) is 23.4. The minimum atomic E-state index is -1.14. The molecule has 0 aliphatic carbocycles. The van der Waals surface area contributed by atoms with Crippen LogP contribution >= 0.6 is 0 Å². The first-order valence-electron chi connectivity index (χ1n) is 8.23. The second-order valence-corrected chi connectivity index (χ2v) is 6.07. The lowest BCUT2D eigenvalue weighted by atomic mass is 10.1. The lowest BCUT2D eigenvalue weighted by Crippen LogP contribution is -2.25. The van der Waals surface area contributed by atoms with Crippen molar-refractivity contribution < 1.29 is 19.0 Å². The quantitative estimate of drug-likeness (QED) is 0.555. The Morgan fingerprint density at radius 1 is 1.21 bits per heavy atom. The van der Waals surface area contributed by atoms with E-state index in [4.69, 9.17) is 9.84 Å². The zero-order valence-electron chi connectivity index (χ0n) is 14.7. The van der Waals surface area contributed by atoms with Crippen LogP contribution in [0.1, 0.15) is 5.69 Å². The van der Waals surface area contributed by atoms with Gasteiger partial charge in [0.05, 0.1) is 17.9 Å². The maximum atomic E-state index is 13.3. The smallest absolute Gasteiger partial charge is 0.323 e. The van der Waals surface area contributed by atoms with Gasteiger partial charge in [-0.1, -0.05) is 12.1 Å². The van der Waals surface area contributed by atoms with Crippen LogP contribution in [0.15, 0.2) is 41.3 Å². The van der Waals surface area contributed by atoms with E-state index >= 15 is 0 Å². The molecule has 0 saturated carbocycles. The molecule has 10 heteroatoms. The van der Waals surface area contributed by atoms with Gasteiger partial charge in [0.25, 0.3) is 5.56 Å². The highest BCUT2D eigenvalue weighted by atomic mass is 19.1. The van der Waals surface area contributed by atoms with E-state index in [1.807, 2.05) is 0 Å². The van der Waals surface area contributed by atoms with Crippen LogP contribution in [0.2, 0.25) is 0 Å². The number of benzene rings is 1. The Labute approximate surface area is 156 Å². The van der Waals surface area contributed by atoms with Crippen LogP contribution in [0.5, 0.6) is 0 Å². The van der Waals surface area contributed by atoms with E-state index in [1.54, 1.807) is 18.2 Å². The van der Waals surface area contributed by atoms with Crippen LogP contribution in [0.4, 0.5) is 4.39 Å². The van der Waals surface area contributed by atoms with Crippen molar-refractivity contribution in [2.75, 3.05) is 7.11 Å². The van der Waals surface area contributed by atoms with E-state index in [2.05, 4.69) is 15.3 Å². The van der Waals surface area contributed by atoms with Gasteiger partial charge in [-0.15, -0.1) is 10.2 Å². The molecule has 4 rings (SSSR count). The number of pyridine rings is 1. The first kappa shape index (κ1) is 17.7. The molecule has 0 aliphatic rings. The molecule has 0 radical (unpaired) electrons. The lowest BCUT2D eigenvalue weighted by Gasteiger charge is -2.05. The summed E-state index contributed by atoms with van der Waals surface area (Å²) in [6, 6.07) is 7.41. The fourth-order valence-electron chi connectivity index (χ4n) is 3.05. The number of rotatable bonds is 5. The molecular formula is C18H14FN5O4. The van der Waals surface area contributed by atoms with E-state index in [1.165, 1.54) is 30.0 Å². The highest BCUT2D eigenvalue weighted by Gasteiger charge is 2.20. The van der Waals surface area contributed by atoms with Crippen LogP contribution in [-0.2, 0) is 22.7 Å². The van der Waals surface area contributed by atoms with Gasteiger partial charge in [0.15, 0.2) is 11.2 Å². The first-order chi connectivity index (χ1) is 13.5. The van der Waals surface area contributed by atoms with Crippen molar-refractivity contribution in [2.24, 2.45) is 0 Å². The summed E-state index contributed by atoms with van der Waals surface area (Å²) in [6.07, 6.45) is 1.37. The molecule has 0 saturated heterocycles. The number of hydrogen-bond acceptors (Lipinski definition) is 6. The zero-order chi connectivity index (χ0) is 19.8. The fraction of sp³-hybridized carbons (Fsp3) is 0.167. The number of fused-ring (bicyclic) bond motifs is 3. The number of carboxylic acids is 1. The monoisotopic (exact) mass is 383 g/mol. The van der Waals surface area contributed by atoms with Gasteiger partial charge in [-0.05, 0) is 23.8 Å². The molecule has 1 N–H and O–H groups in total. The van der Waals surface area contributed by atoms with Crippen molar-refractivity contribution in [2.45, 2.75) is 13.2 Å². The van der Waals surface area contributed by atoms with E-state index < -0.39 is 18.1 Å². The van der Waals surface area contributed by atoms with Crippen molar-refractivity contribution >= 4 is 22.6 Å². The molecular weight excluding hydrogens is 369 g/mol. The van der Waals surface area contributed by atoms with Gasteiger partial charge >= 0.3 is 5.97 Å². The van der Waals surface area contributed by atoms with Crippen LogP contribution in [0.25, 0.3) is 27.8 Å². The van der Waals surface area contributed by atoms with Crippen molar-refractivity contribution in [3.63, 3.8) is 0 Å². The Hall–Kier alpha value is -3.66. The number of hydrogen-bond donors (Lipinski definition) is 1. The van der Waals surface area contributed by atoms with Crippen molar-refractivity contribution in [1.29, 1.82) is 0 Å². The molecule has 142 valence electrons. The predicted octanol–water partition coefficient (Wildman–Crippen LogP) is 1.48. The summed E-state index contributed by atoms with van der Waals surface area (Å²) in [5.41, 5.74) is 2.01. The van der Waals surface area contributed by atoms with Gasteiger partial charge < -0.3 is 14.4 Å². The summed E-state index contributed by atoms with van der Waals surface area (Å²) in [5.74, 6) is -1.51. The van der Waals surface area contributed by atoms with E-state index in [-0.39, 0.29) is 17.9 Å². The third-order valence-electron chi connectivity index (χ3n) is 4.24. The summed E-state index contributed by atoms with van der Waals surface area (Å²) in [6.45, 7) is -0.309. The Kier molecular flexibility index (Phi) is 4.32. The highest BCUT2D eigenvalue weighted by molar-refractivity contribution is 5.84. The highest BCUT2D eigenvalue weighted by Crippen LogP contribution is 2.29. The topological polar surface area (TPSA) is 112 Å². The Bertz CT molecular complexity index is 1260. The second-order valence-electron chi connectivity index (χ2n) is 6.07. The van der Waals surface area contributed by atoms with Gasteiger partial charge in [-0.3, -0.25) is 9.59 Å². The molecule has 3 aromatic heterocycles. The minimum Gasteiger partial charge on any atom is -0.480 e. The number of halogens is 1. The average Bonchev–Trinajstić information content (AvgIpc) is 3.03. The van der Waals surface area contributed by atoms with Gasteiger partial charge in [-0.2, -0.15) is 5.10 Å². The van der Waals surface area contributed by atoms with Crippen LogP contribution < -0.4 is 5.56 Å². The Morgan fingerprint density at radius 3 is 2.64 bits per heavy atom. The van der Waals surface area contributed by atoms with Crippen LogP contribution in [0.3, 0.4) is 0 Å². The van der Waals surface area contributed by atoms with Crippen LogP contribution in [-0.4, -0.2) is 42.6 Å². The van der Waals surface area contributed by atoms with E-state index in [9.17, 15) is 14.0 Å². The molecule has 0 aliphatic heterocycles. The van der Waals surface area contributed by atoms with Crippen molar-refractivity contribution in [3.8, 4) is 11.1 Å². The molecule has 0 unspecified atom stereocenters. The fourth-order valence-corrected chi connectivity index (χ4v) is 3.05. The van der Waals surface area contributed by atoms with E-state index in [0.717, 1.165) is 4.57 Å². The van der Waals surface area contributed by atoms with Gasteiger partial charge in [0.2, 0.25) is 0 Å². The number of ether oxygens (including phenoxy) is 1. The standard InChI is InChI=1S/C18H14FN5O4/c1-28-9-12-15(10-2-4-11(19)5-3-10)17-21-20-16-13(24(17)22-12)6-7-23(18(16)27)8-14(25)26/h2-7H,8-9H2,1H3,(H,25,26). The number of carbonyl (C=O) groups is 1. The number of nitrogens with zero attached hydrogens (tertiary/aromatic N) is 5. The maximum absolute atomic E-state index is 13.3. The number of carboxylic acid groups (broad SMARTS) is 1. The molecule has 0 fully saturated rings. The normalized spacial score (nSPS) is 11.4. The third-order valence-corrected chi connectivity index (χ3v) is 4.24. The summed E-state index contributed by atoms with van der Waals surface area (Å²) >= 11 is 0. The minimum absolute atomic E-state index is 0.00614. The molecule has 1 aromatic carbocycles. The van der Waals surface area contributed by atoms with Gasteiger partial charge in [0.1, 0.15) is 17.9 Å².